The topological polar surface area (TPSA) is 69.2 Å². The Morgan fingerprint density at radius 2 is 1.88 bits per heavy atom. The highest BCUT2D eigenvalue weighted by Gasteiger charge is 2.07. The fourth-order valence-electron chi connectivity index (χ4n) is 2.17. The third-order valence-corrected chi connectivity index (χ3v) is 3.40. The van der Waals surface area contributed by atoms with Crippen LogP contribution in [0.4, 0.5) is 10.3 Å². The molecule has 3 rings (SSSR count). The van der Waals surface area contributed by atoms with Gasteiger partial charge >= 0.3 is 0 Å². The average molecular weight is 354 g/mol. The SMILES string of the molecule is CCCOc1ncccc1CNc1nccc(Oc2ccc(F)cc2)n1. The van der Waals surface area contributed by atoms with E-state index in [-0.39, 0.29) is 5.82 Å². The zero-order chi connectivity index (χ0) is 18.2. The van der Waals surface area contributed by atoms with E-state index in [4.69, 9.17) is 9.47 Å². The Kier molecular flexibility index (Phi) is 5.92. The second kappa shape index (κ2) is 8.75. The Hall–Kier alpha value is -3.22. The summed E-state index contributed by atoms with van der Waals surface area (Å²) in [6.07, 6.45) is 4.20. The number of nitrogens with one attached hydrogen (secondary N) is 1. The number of ether oxygens (including phenoxy) is 2. The molecule has 7 heteroatoms. The Bertz CT molecular complexity index is 843. The Balaban J connectivity index is 1.65. The highest BCUT2D eigenvalue weighted by molar-refractivity contribution is 5.34. The summed E-state index contributed by atoms with van der Waals surface area (Å²) in [7, 11) is 0. The molecule has 0 aliphatic carbocycles. The molecule has 0 fully saturated rings. The minimum atomic E-state index is -0.319. The van der Waals surface area contributed by atoms with Gasteiger partial charge in [-0.25, -0.2) is 14.4 Å². The number of rotatable bonds is 8. The van der Waals surface area contributed by atoms with E-state index in [0.29, 0.717) is 36.6 Å². The molecule has 0 aliphatic heterocycles. The van der Waals surface area contributed by atoms with Crippen LogP contribution in [0, 0.1) is 5.82 Å². The van der Waals surface area contributed by atoms with Crippen LogP contribution >= 0.6 is 0 Å². The summed E-state index contributed by atoms with van der Waals surface area (Å²) in [4.78, 5) is 12.7. The first-order valence-electron chi connectivity index (χ1n) is 8.31. The van der Waals surface area contributed by atoms with E-state index < -0.39 is 0 Å². The zero-order valence-electron chi connectivity index (χ0n) is 14.4. The second-order valence-corrected chi connectivity index (χ2v) is 5.44. The van der Waals surface area contributed by atoms with Crippen LogP contribution < -0.4 is 14.8 Å². The van der Waals surface area contributed by atoms with Gasteiger partial charge in [0.15, 0.2) is 0 Å². The van der Waals surface area contributed by atoms with Crippen LogP contribution in [0.1, 0.15) is 18.9 Å². The van der Waals surface area contributed by atoms with Crippen LogP contribution in [0.25, 0.3) is 0 Å². The minimum absolute atomic E-state index is 0.319. The standard InChI is InChI=1S/C19H19FN4O2/c1-2-12-25-18-14(4-3-10-21-18)13-23-19-22-11-9-17(24-19)26-16-7-5-15(20)6-8-16/h3-11H,2,12-13H2,1H3,(H,22,23,24). The Morgan fingerprint density at radius 1 is 1.04 bits per heavy atom. The lowest BCUT2D eigenvalue weighted by molar-refractivity contribution is 0.302. The predicted octanol–water partition coefficient (Wildman–Crippen LogP) is 4.20. The summed E-state index contributed by atoms with van der Waals surface area (Å²) < 4.78 is 24.2. The number of nitrogens with zero attached hydrogens (tertiary/aromatic N) is 3. The van der Waals surface area contributed by atoms with Gasteiger partial charge in [0.2, 0.25) is 17.7 Å². The molecular weight excluding hydrogens is 335 g/mol. The number of pyridine rings is 1. The van der Waals surface area contributed by atoms with E-state index in [2.05, 4.69) is 20.3 Å². The summed E-state index contributed by atoms with van der Waals surface area (Å²) in [5.41, 5.74) is 0.911. The van der Waals surface area contributed by atoms with Crippen LogP contribution in [0.2, 0.25) is 0 Å². The van der Waals surface area contributed by atoms with Crippen molar-refractivity contribution in [3.63, 3.8) is 0 Å². The Labute approximate surface area is 151 Å². The summed E-state index contributed by atoms with van der Waals surface area (Å²) in [5, 5.41) is 3.13. The lowest BCUT2D eigenvalue weighted by atomic mass is 10.2. The molecule has 0 radical (unpaired) electrons. The summed E-state index contributed by atoms with van der Waals surface area (Å²) in [5.74, 6) is 1.55. The van der Waals surface area contributed by atoms with Gasteiger partial charge < -0.3 is 14.8 Å². The number of hydrogen-bond donors (Lipinski definition) is 1. The fraction of sp³-hybridized carbons (Fsp3) is 0.211. The van der Waals surface area contributed by atoms with Crippen molar-refractivity contribution in [1.82, 2.24) is 15.0 Å². The fourth-order valence-corrected chi connectivity index (χ4v) is 2.17. The van der Waals surface area contributed by atoms with Crippen molar-refractivity contribution < 1.29 is 13.9 Å². The maximum Gasteiger partial charge on any atom is 0.226 e. The highest BCUT2D eigenvalue weighted by atomic mass is 19.1. The number of aromatic nitrogens is 3. The van der Waals surface area contributed by atoms with Gasteiger partial charge in [-0.15, -0.1) is 0 Å². The molecule has 0 amide bonds. The molecule has 0 unspecified atom stereocenters. The Morgan fingerprint density at radius 3 is 2.69 bits per heavy atom. The van der Waals surface area contributed by atoms with E-state index in [1.54, 1.807) is 18.5 Å². The third kappa shape index (κ3) is 4.89. The van der Waals surface area contributed by atoms with Gasteiger partial charge in [-0.3, -0.25) is 0 Å². The van der Waals surface area contributed by atoms with Crippen molar-refractivity contribution in [1.29, 1.82) is 0 Å². The van der Waals surface area contributed by atoms with Gasteiger partial charge in [-0.1, -0.05) is 13.0 Å². The molecule has 1 N–H and O–H groups in total. The summed E-state index contributed by atoms with van der Waals surface area (Å²) in [6, 6.07) is 11.2. The van der Waals surface area contributed by atoms with E-state index in [1.165, 1.54) is 24.3 Å². The molecule has 2 aromatic heterocycles. The molecule has 6 nitrogen and oxygen atoms in total. The van der Waals surface area contributed by atoms with Gasteiger partial charge in [0.1, 0.15) is 11.6 Å². The maximum atomic E-state index is 13.0. The molecule has 26 heavy (non-hydrogen) atoms. The third-order valence-electron chi connectivity index (χ3n) is 3.40. The van der Waals surface area contributed by atoms with Crippen molar-refractivity contribution in [3.05, 3.63) is 66.2 Å². The van der Waals surface area contributed by atoms with E-state index in [0.717, 1.165) is 12.0 Å². The lowest BCUT2D eigenvalue weighted by Gasteiger charge is -2.11. The van der Waals surface area contributed by atoms with Crippen molar-refractivity contribution in [3.8, 4) is 17.5 Å². The van der Waals surface area contributed by atoms with Crippen molar-refractivity contribution in [2.45, 2.75) is 19.9 Å². The minimum Gasteiger partial charge on any atom is -0.477 e. The summed E-state index contributed by atoms with van der Waals surface area (Å²) >= 11 is 0. The number of halogens is 1. The average Bonchev–Trinajstić information content (AvgIpc) is 2.67. The van der Waals surface area contributed by atoms with Gasteiger partial charge in [-0.2, -0.15) is 4.98 Å². The number of benzene rings is 1. The first-order valence-corrected chi connectivity index (χ1v) is 8.31. The van der Waals surface area contributed by atoms with Crippen LogP contribution in [0.3, 0.4) is 0 Å². The quantitative estimate of drug-likeness (QED) is 0.654. The normalized spacial score (nSPS) is 10.4. The molecular formula is C19H19FN4O2. The molecule has 134 valence electrons. The molecule has 0 atom stereocenters. The monoisotopic (exact) mass is 354 g/mol. The van der Waals surface area contributed by atoms with E-state index >= 15 is 0 Å². The first kappa shape index (κ1) is 17.6. The van der Waals surface area contributed by atoms with Crippen LogP contribution in [0.15, 0.2) is 54.9 Å². The number of hydrogen-bond acceptors (Lipinski definition) is 6. The smallest absolute Gasteiger partial charge is 0.226 e. The highest BCUT2D eigenvalue weighted by Crippen LogP contribution is 2.21. The van der Waals surface area contributed by atoms with Crippen molar-refractivity contribution >= 4 is 5.95 Å². The molecule has 3 aromatic rings. The zero-order valence-corrected chi connectivity index (χ0v) is 14.4. The van der Waals surface area contributed by atoms with Gasteiger partial charge in [0.25, 0.3) is 0 Å². The maximum absolute atomic E-state index is 13.0. The first-order chi connectivity index (χ1) is 12.7. The molecule has 0 saturated heterocycles. The molecule has 0 bridgehead atoms. The lowest BCUT2D eigenvalue weighted by Crippen LogP contribution is -2.07. The second-order valence-electron chi connectivity index (χ2n) is 5.44. The molecule has 1 aromatic carbocycles. The van der Waals surface area contributed by atoms with Crippen LogP contribution in [-0.4, -0.2) is 21.6 Å². The van der Waals surface area contributed by atoms with Crippen LogP contribution in [0.5, 0.6) is 17.5 Å². The van der Waals surface area contributed by atoms with E-state index in [1.807, 2.05) is 19.1 Å². The van der Waals surface area contributed by atoms with Gasteiger partial charge in [0.05, 0.1) is 6.61 Å². The largest absolute Gasteiger partial charge is 0.477 e. The molecule has 2 heterocycles. The predicted molar refractivity (Wildman–Crippen MR) is 95.9 cm³/mol. The summed E-state index contributed by atoms with van der Waals surface area (Å²) in [6.45, 7) is 3.12. The van der Waals surface area contributed by atoms with E-state index in [9.17, 15) is 4.39 Å². The molecule has 0 saturated carbocycles. The molecule has 0 spiro atoms. The molecule has 0 aliphatic rings. The number of anilines is 1. The van der Waals surface area contributed by atoms with Crippen molar-refractivity contribution in [2.75, 3.05) is 11.9 Å². The van der Waals surface area contributed by atoms with Crippen LogP contribution in [-0.2, 0) is 6.54 Å². The van der Waals surface area contributed by atoms with Gasteiger partial charge in [-0.05, 0) is 36.8 Å². The van der Waals surface area contributed by atoms with Crippen molar-refractivity contribution in [2.24, 2.45) is 0 Å². The van der Waals surface area contributed by atoms with Gasteiger partial charge in [0, 0.05) is 30.6 Å².